The smallest absolute Gasteiger partial charge is 0.227 e. The molecule has 29 heavy (non-hydrogen) atoms. The summed E-state index contributed by atoms with van der Waals surface area (Å²) in [4.78, 5) is 8.37. The Morgan fingerprint density at radius 2 is 2.03 bits per heavy atom. The molecule has 0 aliphatic carbocycles. The summed E-state index contributed by atoms with van der Waals surface area (Å²) in [6.45, 7) is 0.592. The normalized spacial score (nSPS) is 13.4. The number of anilines is 2. The molecule has 0 radical (unpaired) electrons. The molecular weight excluding hydrogens is 393 g/mol. The van der Waals surface area contributed by atoms with Crippen molar-refractivity contribution in [2.75, 3.05) is 18.2 Å². The van der Waals surface area contributed by atoms with Crippen molar-refractivity contribution in [3.8, 4) is 17.0 Å². The third-order valence-electron chi connectivity index (χ3n) is 4.54. The fraction of sp³-hybridized carbons (Fsp3) is 0.238. The van der Waals surface area contributed by atoms with Crippen LogP contribution in [0.4, 0.5) is 16.0 Å². The summed E-state index contributed by atoms with van der Waals surface area (Å²) < 4.78 is 43.4. The molecule has 0 spiro atoms. The molecule has 1 aliphatic rings. The molecule has 0 saturated heterocycles. The Labute approximate surface area is 168 Å². The molecule has 0 saturated carbocycles. The Morgan fingerprint density at radius 3 is 2.86 bits per heavy atom. The van der Waals surface area contributed by atoms with Crippen molar-refractivity contribution in [2.24, 2.45) is 0 Å². The highest BCUT2D eigenvalue weighted by Crippen LogP contribution is 2.36. The van der Waals surface area contributed by atoms with Crippen molar-refractivity contribution in [1.82, 2.24) is 9.97 Å². The van der Waals surface area contributed by atoms with Crippen LogP contribution in [0.25, 0.3) is 11.3 Å². The highest BCUT2D eigenvalue weighted by molar-refractivity contribution is 7.89. The Hall–Kier alpha value is -3.00. The van der Waals surface area contributed by atoms with Crippen LogP contribution in [-0.2, 0) is 22.0 Å². The fourth-order valence-corrected chi connectivity index (χ4v) is 4.15. The van der Waals surface area contributed by atoms with Gasteiger partial charge in [0.25, 0.3) is 0 Å². The maximum atomic E-state index is 14.5. The highest BCUT2D eigenvalue weighted by Gasteiger charge is 2.19. The molecule has 0 fully saturated rings. The number of aromatic nitrogens is 2. The van der Waals surface area contributed by atoms with Gasteiger partial charge in [0.15, 0.2) is 15.7 Å². The van der Waals surface area contributed by atoms with E-state index < -0.39 is 15.7 Å². The van der Waals surface area contributed by atoms with Gasteiger partial charge in [-0.3, -0.25) is 0 Å². The zero-order valence-corrected chi connectivity index (χ0v) is 16.7. The minimum Gasteiger partial charge on any atom is -0.493 e. The van der Waals surface area contributed by atoms with E-state index in [9.17, 15) is 12.8 Å². The molecular formula is C21H20FN3O3S. The van der Waals surface area contributed by atoms with Gasteiger partial charge in [0.05, 0.1) is 18.6 Å². The van der Waals surface area contributed by atoms with Gasteiger partial charge in [0, 0.05) is 17.5 Å². The first kappa shape index (κ1) is 19.3. The lowest BCUT2D eigenvalue weighted by Crippen LogP contribution is -2.10. The number of para-hydroxylation sites is 1. The second kappa shape index (κ2) is 7.79. The molecule has 150 valence electrons. The molecule has 6 nitrogen and oxygen atoms in total. The Kier molecular flexibility index (Phi) is 5.19. The predicted octanol–water partition coefficient (Wildman–Crippen LogP) is 3.90. The Morgan fingerprint density at radius 1 is 1.21 bits per heavy atom. The van der Waals surface area contributed by atoms with E-state index in [2.05, 4.69) is 15.3 Å². The number of hydrogen-bond acceptors (Lipinski definition) is 6. The lowest BCUT2D eigenvalue weighted by atomic mass is 10.0. The summed E-state index contributed by atoms with van der Waals surface area (Å²) in [5.74, 6) is 0.277. The van der Waals surface area contributed by atoms with E-state index in [4.69, 9.17) is 4.74 Å². The quantitative estimate of drug-likeness (QED) is 0.683. The van der Waals surface area contributed by atoms with Gasteiger partial charge in [0.1, 0.15) is 11.4 Å². The van der Waals surface area contributed by atoms with Crippen LogP contribution in [0.3, 0.4) is 0 Å². The van der Waals surface area contributed by atoms with E-state index in [1.165, 1.54) is 6.26 Å². The zero-order chi connectivity index (χ0) is 20.4. The second-order valence-electron chi connectivity index (χ2n) is 7.03. The number of nitrogens with one attached hydrogen (secondary N) is 1. The molecule has 3 aromatic rings. The number of hydrogen-bond donors (Lipinski definition) is 1. The molecule has 0 unspecified atom stereocenters. The number of fused-ring (bicyclic) bond motifs is 1. The molecule has 1 aliphatic heterocycles. The topological polar surface area (TPSA) is 81.2 Å². The summed E-state index contributed by atoms with van der Waals surface area (Å²) in [6.07, 6.45) is 4.12. The van der Waals surface area contributed by atoms with Crippen molar-refractivity contribution in [3.63, 3.8) is 0 Å². The Balaban J connectivity index is 1.66. The van der Waals surface area contributed by atoms with Gasteiger partial charge in [-0.15, -0.1) is 0 Å². The number of sulfone groups is 1. The van der Waals surface area contributed by atoms with Gasteiger partial charge < -0.3 is 10.1 Å². The molecule has 0 atom stereocenters. The largest absolute Gasteiger partial charge is 0.493 e. The van der Waals surface area contributed by atoms with Crippen LogP contribution in [0.15, 0.2) is 48.7 Å². The van der Waals surface area contributed by atoms with Crippen molar-refractivity contribution < 1.29 is 17.5 Å². The van der Waals surface area contributed by atoms with Gasteiger partial charge in [-0.2, -0.15) is 0 Å². The minimum absolute atomic E-state index is 0.0640. The first-order valence-electron chi connectivity index (χ1n) is 9.20. The molecule has 1 N–H and O–H groups in total. The number of halogens is 1. The van der Waals surface area contributed by atoms with Gasteiger partial charge in [-0.1, -0.05) is 24.3 Å². The molecule has 1 aromatic heterocycles. The molecule has 2 aromatic carbocycles. The second-order valence-corrected chi connectivity index (χ2v) is 9.17. The van der Waals surface area contributed by atoms with Crippen LogP contribution in [0.5, 0.6) is 5.75 Å². The maximum Gasteiger partial charge on any atom is 0.227 e. The summed E-state index contributed by atoms with van der Waals surface area (Å²) in [5.41, 5.74) is 3.06. The van der Waals surface area contributed by atoms with Crippen LogP contribution >= 0.6 is 0 Å². The van der Waals surface area contributed by atoms with Crippen LogP contribution < -0.4 is 10.1 Å². The van der Waals surface area contributed by atoms with Crippen molar-refractivity contribution >= 4 is 21.5 Å². The van der Waals surface area contributed by atoms with Crippen LogP contribution in [0.2, 0.25) is 0 Å². The van der Waals surface area contributed by atoms with Crippen LogP contribution in [0.1, 0.15) is 17.5 Å². The van der Waals surface area contributed by atoms with E-state index in [1.807, 2.05) is 12.1 Å². The van der Waals surface area contributed by atoms with E-state index >= 15 is 0 Å². The average Bonchev–Trinajstić information content (AvgIpc) is 2.68. The maximum absolute atomic E-state index is 14.5. The zero-order valence-electron chi connectivity index (χ0n) is 15.9. The predicted molar refractivity (Wildman–Crippen MR) is 110 cm³/mol. The monoisotopic (exact) mass is 413 g/mol. The van der Waals surface area contributed by atoms with Crippen molar-refractivity contribution in [2.45, 2.75) is 18.6 Å². The molecule has 2 heterocycles. The fourth-order valence-electron chi connectivity index (χ4n) is 3.36. The number of benzene rings is 2. The number of rotatable bonds is 5. The number of nitrogens with zero attached hydrogens (tertiary/aromatic N) is 2. The molecule has 4 rings (SSSR count). The first-order valence-corrected chi connectivity index (χ1v) is 11.3. The highest BCUT2D eigenvalue weighted by atomic mass is 32.2. The SMILES string of the molecule is CS(=O)(=O)Cc1cccc(Nc2ncc(F)c(-c3cccc4c3OCCC4)n2)c1. The summed E-state index contributed by atoms with van der Waals surface area (Å²) in [5, 5.41) is 3.02. The van der Waals surface area contributed by atoms with E-state index in [0.717, 1.165) is 24.6 Å². The van der Waals surface area contributed by atoms with Crippen LogP contribution in [-0.4, -0.2) is 31.2 Å². The average molecular weight is 413 g/mol. The van der Waals surface area contributed by atoms with Crippen molar-refractivity contribution in [1.29, 1.82) is 0 Å². The molecule has 0 bridgehead atoms. The van der Waals surface area contributed by atoms with E-state index in [-0.39, 0.29) is 17.4 Å². The van der Waals surface area contributed by atoms with E-state index in [0.29, 0.717) is 29.2 Å². The molecule has 0 amide bonds. The van der Waals surface area contributed by atoms with Crippen molar-refractivity contribution in [3.05, 3.63) is 65.6 Å². The van der Waals surface area contributed by atoms with Gasteiger partial charge in [-0.05, 0) is 42.2 Å². The summed E-state index contributed by atoms with van der Waals surface area (Å²) >= 11 is 0. The van der Waals surface area contributed by atoms with E-state index in [1.54, 1.807) is 30.3 Å². The lowest BCUT2D eigenvalue weighted by Gasteiger charge is -2.20. The first-order chi connectivity index (χ1) is 13.9. The number of aryl methyl sites for hydroxylation is 1. The number of ether oxygens (including phenoxy) is 1. The summed E-state index contributed by atoms with van der Waals surface area (Å²) in [6, 6.07) is 12.6. The summed E-state index contributed by atoms with van der Waals surface area (Å²) in [7, 11) is -3.15. The third-order valence-corrected chi connectivity index (χ3v) is 5.40. The van der Waals surface area contributed by atoms with Gasteiger partial charge >= 0.3 is 0 Å². The lowest BCUT2D eigenvalue weighted by molar-refractivity contribution is 0.289. The Bertz CT molecular complexity index is 1170. The van der Waals surface area contributed by atoms with Gasteiger partial charge in [0.2, 0.25) is 5.95 Å². The van der Waals surface area contributed by atoms with Crippen LogP contribution in [0, 0.1) is 5.82 Å². The van der Waals surface area contributed by atoms with Gasteiger partial charge in [-0.25, -0.2) is 22.8 Å². The minimum atomic E-state index is -3.15. The standard InChI is InChI=1S/C21H20FN3O3S/c1-29(26,27)13-14-5-2-8-16(11-14)24-21-23-12-18(22)19(25-21)17-9-3-6-15-7-4-10-28-20(15)17/h2-3,5-6,8-9,11-12H,4,7,10,13H2,1H3,(H,23,24,25). The molecule has 8 heteroatoms. The third kappa shape index (κ3) is 4.54.